The van der Waals surface area contributed by atoms with Crippen LogP contribution in [0.5, 0.6) is 0 Å². The average Bonchev–Trinajstić information content (AvgIpc) is 2.59. The van der Waals surface area contributed by atoms with Crippen LogP contribution < -0.4 is 0 Å². The molecule has 100 valence electrons. The van der Waals surface area contributed by atoms with E-state index in [1.54, 1.807) is 17.8 Å². The van der Waals surface area contributed by atoms with E-state index in [4.69, 9.17) is 11.6 Å². The lowest BCUT2D eigenvalue weighted by Crippen LogP contribution is -2.09. The van der Waals surface area contributed by atoms with Gasteiger partial charge in [0, 0.05) is 21.6 Å². The highest BCUT2D eigenvalue weighted by molar-refractivity contribution is 9.11. The number of nitrogens with zero attached hydrogens (tertiary/aromatic N) is 2. The molecule has 0 bridgehead atoms. The Morgan fingerprint density at radius 1 is 1.42 bits per heavy atom. The van der Waals surface area contributed by atoms with Crippen LogP contribution in [-0.4, -0.2) is 15.6 Å². The monoisotopic (exact) mass is 404 g/mol. The zero-order valence-electron chi connectivity index (χ0n) is 10.4. The highest BCUT2D eigenvalue weighted by atomic mass is 79.9. The maximum Gasteiger partial charge on any atom is 0.170 e. The number of halogens is 3. The molecule has 0 atom stereocenters. The van der Waals surface area contributed by atoms with Gasteiger partial charge in [-0.25, -0.2) is 0 Å². The van der Waals surface area contributed by atoms with E-state index >= 15 is 0 Å². The average molecular weight is 407 g/mol. The number of hydrogen-bond donors (Lipinski definition) is 0. The highest BCUT2D eigenvalue weighted by Gasteiger charge is 2.17. The lowest BCUT2D eigenvalue weighted by Gasteiger charge is -2.05. The summed E-state index contributed by atoms with van der Waals surface area (Å²) in [5.41, 5.74) is 2.10. The van der Waals surface area contributed by atoms with Gasteiger partial charge < -0.3 is 0 Å². The number of carbonyl (C=O) groups is 1. The lowest BCUT2D eigenvalue weighted by molar-refractivity contribution is 0.0990. The molecule has 0 aliphatic carbocycles. The highest BCUT2D eigenvalue weighted by Crippen LogP contribution is 2.25. The fourth-order valence-electron chi connectivity index (χ4n) is 1.83. The van der Waals surface area contributed by atoms with Crippen molar-refractivity contribution in [1.82, 2.24) is 9.78 Å². The Morgan fingerprint density at radius 2 is 2.11 bits per heavy atom. The van der Waals surface area contributed by atoms with E-state index in [1.165, 1.54) is 0 Å². The van der Waals surface area contributed by atoms with Gasteiger partial charge in [-0.2, -0.15) is 5.10 Å². The van der Waals surface area contributed by atoms with Crippen LogP contribution in [0, 0.1) is 6.92 Å². The molecule has 0 saturated carbocycles. The molecule has 0 spiro atoms. The molecule has 0 fully saturated rings. The third-order valence-electron chi connectivity index (χ3n) is 2.82. The van der Waals surface area contributed by atoms with E-state index in [1.807, 2.05) is 19.1 Å². The van der Waals surface area contributed by atoms with Gasteiger partial charge in [-0.15, -0.1) is 0 Å². The van der Waals surface area contributed by atoms with E-state index in [2.05, 4.69) is 37.0 Å². The van der Waals surface area contributed by atoms with Gasteiger partial charge in [0.2, 0.25) is 0 Å². The number of ketones is 1. The number of hydrogen-bond acceptors (Lipinski definition) is 2. The second kappa shape index (κ2) is 5.77. The van der Waals surface area contributed by atoms with Gasteiger partial charge in [0.1, 0.15) is 0 Å². The van der Waals surface area contributed by atoms with Crippen molar-refractivity contribution in [2.45, 2.75) is 13.3 Å². The van der Waals surface area contributed by atoms with E-state index in [0.717, 1.165) is 20.3 Å². The van der Waals surface area contributed by atoms with Crippen LogP contribution in [0.1, 0.15) is 21.7 Å². The molecule has 2 rings (SSSR count). The molecule has 0 aliphatic rings. The van der Waals surface area contributed by atoms with Gasteiger partial charge in [0.25, 0.3) is 0 Å². The molecule has 0 aliphatic heterocycles. The van der Waals surface area contributed by atoms with Crippen molar-refractivity contribution in [2.75, 3.05) is 0 Å². The Kier molecular flexibility index (Phi) is 4.48. The minimum Gasteiger partial charge on any atom is -0.294 e. The first-order chi connectivity index (χ1) is 8.90. The lowest BCUT2D eigenvalue weighted by atomic mass is 10.1. The van der Waals surface area contributed by atoms with Crippen molar-refractivity contribution in [3.8, 4) is 0 Å². The Labute approximate surface area is 133 Å². The zero-order valence-corrected chi connectivity index (χ0v) is 14.3. The number of aryl methyl sites for hydroxylation is 2. The summed E-state index contributed by atoms with van der Waals surface area (Å²) in [6.07, 6.45) is 0.227. The van der Waals surface area contributed by atoms with Crippen LogP contribution in [0.4, 0.5) is 0 Å². The second-order valence-corrected chi connectivity index (χ2v) is 6.34. The third kappa shape index (κ3) is 3.09. The van der Waals surface area contributed by atoms with Crippen molar-refractivity contribution in [3.63, 3.8) is 0 Å². The van der Waals surface area contributed by atoms with Crippen molar-refractivity contribution >= 4 is 49.2 Å². The van der Waals surface area contributed by atoms with Crippen LogP contribution in [0.3, 0.4) is 0 Å². The summed E-state index contributed by atoms with van der Waals surface area (Å²) >= 11 is 12.9. The molecule has 0 amide bonds. The number of benzene rings is 1. The summed E-state index contributed by atoms with van der Waals surface area (Å²) in [6, 6.07) is 5.51. The molecular formula is C13H11Br2ClN2O. The minimum atomic E-state index is -0.00178. The summed E-state index contributed by atoms with van der Waals surface area (Å²) in [4.78, 5) is 12.4. The summed E-state index contributed by atoms with van der Waals surface area (Å²) in [5, 5.41) is 4.77. The molecule has 1 aromatic carbocycles. The van der Waals surface area contributed by atoms with Gasteiger partial charge in [0.05, 0.1) is 22.8 Å². The van der Waals surface area contributed by atoms with Gasteiger partial charge in [0.15, 0.2) is 5.78 Å². The van der Waals surface area contributed by atoms with E-state index in [0.29, 0.717) is 10.6 Å². The molecule has 19 heavy (non-hydrogen) atoms. The maximum absolute atomic E-state index is 12.4. The summed E-state index contributed by atoms with van der Waals surface area (Å²) in [7, 11) is 1.79. The van der Waals surface area contributed by atoms with Crippen molar-refractivity contribution in [3.05, 3.63) is 49.1 Å². The van der Waals surface area contributed by atoms with Crippen LogP contribution in [-0.2, 0) is 13.5 Å². The van der Waals surface area contributed by atoms with Gasteiger partial charge in [-0.3, -0.25) is 9.48 Å². The zero-order chi connectivity index (χ0) is 14.2. The summed E-state index contributed by atoms with van der Waals surface area (Å²) in [6.45, 7) is 1.82. The fraction of sp³-hybridized carbons (Fsp3) is 0.231. The number of rotatable bonds is 3. The van der Waals surface area contributed by atoms with E-state index < -0.39 is 0 Å². The molecule has 3 nitrogen and oxygen atoms in total. The molecule has 0 unspecified atom stereocenters. The normalized spacial score (nSPS) is 10.8. The van der Waals surface area contributed by atoms with Crippen molar-refractivity contribution < 1.29 is 4.79 Å². The molecule has 1 heterocycles. The standard InChI is InChI=1S/C13H11Br2ClN2O/c1-7-13(16)11(18(2)17-7)6-12(19)9-5-8(14)3-4-10(9)15/h3-5H,6H2,1-2H3. The van der Waals surface area contributed by atoms with Crippen LogP contribution in [0.25, 0.3) is 0 Å². The fourth-order valence-corrected chi connectivity index (χ4v) is 2.89. The van der Waals surface area contributed by atoms with Gasteiger partial charge in [-0.1, -0.05) is 43.5 Å². The largest absolute Gasteiger partial charge is 0.294 e. The molecule has 0 radical (unpaired) electrons. The van der Waals surface area contributed by atoms with Gasteiger partial charge >= 0.3 is 0 Å². The molecule has 0 N–H and O–H groups in total. The quantitative estimate of drug-likeness (QED) is 0.711. The smallest absolute Gasteiger partial charge is 0.170 e. The number of aromatic nitrogens is 2. The Balaban J connectivity index is 2.33. The van der Waals surface area contributed by atoms with Crippen LogP contribution in [0.15, 0.2) is 27.1 Å². The van der Waals surface area contributed by atoms with Crippen LogP contribution in [0.2, 0.25) is 5.02 Å². The second-order valence-electron chi connectivity index (χ2n) is 4.19. The topological polar surface area (TPSA) is 34.9 Å². The molecule has 0 saturated heterocycles. The Hall–Kier alpha value is -0.650. The van der Waals surface area contributed by atoms with E-state index in [-0.39, 0.29) is 12.2 Å². The maximum atomic E-state index is 12.4. The molecule has 6 heteroatoms. The van der Waals surface area contributed by atoms with Gasteiger partial charge in [-0.05, 0) is 25.1 Å². The molecular weight excluding hydrogens is 395 g/mol. The molecule has 1 aromatic heterocycles. The predicted octanol–water partition coefficient (Wildman–Crippen LogP) is 4.33. The van der Waals surface area contributed by atoms with Crippen molar-refractivity contribution in [2.24, 2.45) is 7.05 Å². The minimum absolute atomic E-state index is 0.00178. The Bertz CT molecular complexity index is 652. The first-order valence-corrected chi connectivity index (χ1v) is 7.52. The third-order valence-corrected chi connectivity index (χ3v) is 4.49. The summed E-state index contributed by atoms with van der Waals surface area (Å²) in [5.74, 6) is -0.00178. The Morgan fingerprint density at radius 3 is 2.68 bits per heavy atom. The SMILES string of the molecule is Cc1nn(C)c(CC(=O)c2cc(Br)ccc2Br)c1Cl. The molecule has 2 aromatic rings. The van der Waals surface area contributed by atoms with E-state index in [9.17, 15) is 4.79 Å². The number of Topliss-reactive ketones (excluding diaryl/α,β-unsaturated/α-hetero) is 1. The predicted molar refractivity (Wildman–Crippen MR) is 82.8 cm³/mol. The first kappa shape index (κ1) is 14.8. The van der Waals surface area contributed by atoms with Crippen molar-refractivity contribution in [1.29, 1.82) is 0 Å². The summed E-state index contributed by atoms with van der Waals surface area (Å²) < 4.78 is 3.30. The first-order valence-electron chi connectivity index (χ1n) is 5.56. The van der Waals surface area contributed by atoms with Crippen LogP contribution >= 0.6 is 43.5 Å². The number of carbonyl (C=O) groups excluding carboxylic acids is 1.